The molecule has 1 saturated carbocycles. The summed E-state index contributed by atoms with van der Waals surface area (Å²) in [5, 5.41) is 9.67. The third-order valence-corrected chi connectivity index (χ3v) is 2.84. The van der Waals surface area contributed by atoms with Gasteiger partial charge in [-0.2, -0.15) is 22.0 Å². The van der Waals surface area contributed by atoms with Crippen LogP contribution < -0.4 is 0 Å². The first-order chi connectivity index (χ1) is 7.67. The Morgan fingerprint density at radius 3 is 2.12 bits per heavy atom. The Bertz CT molecular complexity index is 434. The molecule has 0 aromatic heterocycles. The molecule has 1 fully saturated rings. The van der Waals surface area contributed by atoms with Gasteiger partial charge in [-0.1, -0.05) is 18.2 Å². The standard InChI is InChI=1S/C11H9F5O/c12-10(13,11(14,15)16)8-3-1-2-7(6-8)9(17)4-5-9/h1-3,6,17H,4-5H2. The number of aliphatic hydroxyl groups is 1. The molecule has 0 saturated heterocycles. The lowest BCUT2D eigenvalue weighted by molar-refractivity contribution is -0.289. The van der Waals surface area contributed by atoms with Crippen LogP contribution in [0.25, 0.3) is 0 Å². The van der Waals surface area contributed by atoms with Crippen molar-refractivity contribution >= 4 is 0 Å². The summed E-state index contributed by atoms with van der Waals surface area (Å²) in [6.07, 6.45) is -4.86. The van der Waals surface area contributed by atoms with Crippen LogP contribution in [-0.2, 0) is 11.5 Å². The van der Waals surface area contributed by atoms with Gasteiger partial charge in [-0.15, -0.1) is 0 Å². The first-order valence-electron chi connectivity index (χ1n) is 4.95. The Kier molecular flexibility index (Phi) is 2.47. The Morgan fingerprint density at radius 2 is 1.65 bits per heavy atom. The maximum atomic E-state index is 13.0. The highest BCUT2D eigenvalue weighted by Gasteiger charge is 2.59. The Morgan fingerprint density at radius 1 is 1.06 bits per heavy atom. The Balaban J connectivity index is 2.40. The van der Waals surface area contributed by atoms with E-state index in [1.54, 1.807) is 0 Å². The van der Waals surface area contributed by atoms with Crippen LogP contribution >= 0.6 is 0 Å². The maximum absolute atomic E-state index is 13.0. The molecule has 0 heterocycles. The van der Waals surface area contributed by atoms with Crippen molar-refractivity contribution in [2.45, 2.75) is 30.5 Å². The fourth-order valence-electron chi connectivity index (χ4n) is 1.57. The molecule has 0 amide bonds. The predicted molar refractivity (Wildman–Crippen MR) is 49.5 cm³/mol. The maximum Gasteiger partial charge on any atom is 0.458 e. The van der Waals surface area contributed by atoms with Crippen molar-refractivity contribution in [3.05, 3.63) is 35.4 Å². The first kappa shape index (κ1) is 12.3. The molecule has 1 aromatic rings. The second-order valence-electron chi connectivity index (χ2n) is 4.18. The molecular weight excluding hydrogens is 243 g/mol. The van der Waals surface area contributed by atoms with Gasteiger partial charge in [0.25, 0.3) is 0 Å². The van der Waals surface area contributed by atoms with Gasteiger partial charge in [0.1, 0.15) is 0 Å². The molecule has 94 valence electrons. The van der Waals surface area contributed by atoms with Crippen molar-refractivity contribution in [1.29, 1.82) is 0 Å². The normalized spacial score (nSPS) is 19.2. The smallest absolute Gasteiger partial charge is 0.385 e. The van der Waals surface area contributed by atoms with Crippen LogP contribution in [0.5, 0.6) is 0 Å². The van der Waals surface area contributed by atoms with E-state index in [0.29, 0.717) is 18.9 Å². The first-order valence-corrected chi connectivity index (χ1v) is 4.95. The van der Waals surface area contributed by atoms with E-state index >= 15 is 0 Å². The molecule has 0 atom stereocenters. The lowest BCUT2D eigenvalue weighted by Gasteiger charge is -2.21. The van der Waals surface area contributed by atoms with Crippen molar-refractivity contribution < 1.29 is 27.1 Å². The fraction of sp³-hybridized carbons (Fsp3) is 0.455. The van der Waals surface area contributed by atoms with Crippen LogP contribution in [0.15, 0.2) is 24.3 Å². The van der Waals surface area contributed by atoms with Crippen molar-refractivity contribution in [3.63, 3.8) is 0 Å². The van der Waals surface area contributed by atoms with Gasteiger partial charge in [0, 0.05) is 5.56 Å². The minimum absolute atomic E-state index is 0.110. The highest BCUT2D eigenvalue weighted by molar-refractivity contribution is 5.34. The molecule has 0 unspecified atom stereocenters. The summed E-state index contributed by atoms with van der Waals surface area (Å²) in [4.78, 5) is 0. The van der Waals surface area contributed by atoms with Crippen molar-refractivity contribution in [3.8, 4) is 0 Å². The highest BCUT2D eigenvalue weighted by Crippen LogP contribution is 2.48. The summed E-state index contributed by atoms with van der Waals surface area (Å²) in [7, 11) is 0. The third kappa shape index (κ3) is 2.01. The van der Waals surface area contributed by atoms with Crippen LogP contribution in [-0.4, -0.2) is 11.3 Å². The van der Waals surface area contributed by atoms with Crippen LogP contribution in [0.4, 0.5) is 22.0 Å². The van der Waals surface area contributed by atoms with Gasteiger partial charge >= 0.3 is 12.1 Å². The molecule has 0 radical (unpaired) electrons. The minimum Gasteiger partial charge on any atom is -0.385 e. The van der Waals surface area contributed by atoms with Crippen molar-refractivity contribution in [2.24, 2.45) is 0 Å². The summed E-state index contributed by atoms with van der Waals surface area (Å²) in [5.74, 6) is -4.89. The zero-order valence-electron chi connectivity index (χ0n) is 8.56. The van der Waals surface area contributed by atoms with Gasteiger partial charge in [-0.05, 0) is 24.5 Å². The average molecular weight is 252 g/mol. The number of alkyl halides is 5. The fourth-order valence-corrected chi connectivity index (χ4v) is 1.57. The number of hydrogen-bond donors (Lipinski definition) is 1. The minimum atomic E-state index is -5.63. The summed E-state index contributed by atoms with van der Waals surface area (Å²) in [6.45, 7) is 0. The van der Waals surface area contributed by atoms with Crippen LogP contribution in [0, 0.1) is 0 Å². The van der Waals surface area contributed by atoms with Gasteiger partial charge in [0.05, 0.1) is 5.60 Å². The average Bonchev–Trinajstić information content (AvgIpc) is 2.96. The zero-order chi connectivity index (χ0) is 12.9. The molecule has 1 aliphatic rings. The number of halogens is 5. The summed E-state index contributed by atoms with van der Waals surface area (Å²) >= 11 is 0. The van der Waals surface area contributed by atoms with Gasteiger partial charge in [0.2, 0.25) is 0 Å². The molecule has 1 aromatic carbocycles. The van der Waals surface area contributed by atoms with Crippen molar-refractivity contribution in [2.75, 3.05) is 0 Å². The van der Waals surface area contributed by atoms with E-state index in [4.69, 9.17) is 0 Å². The number of hydrogen-bond acceptors (Lipinski definition) is 1. The van der Waals surface area contributed by atoms with E-state index in [-0.39, 0.29) is 5.56 Å². The quantitative estimate of drug-likeness (QED) is 0.800. The van der Waals surface area contributed by atoms with E-state index in [2.05, 4.69) is 0 Å². The van der Waals surface area contributed by atoms with Crippen LogP contribution in [0.2, 0.25) is 0 Å². The largest absolute Gasteiger partial charge is 0.458 e. The van der Waals surface area contributed by atoms with E-state index in [0.717, 1.165) is 12.1 Å². The number of benzene rings is 1. The van der Waals surface area contributed by atoms with E-state index < -0.39 is 23.3 Å². The molecule has 17 heavy (non-hydrogen) atoms. The zero-order valence-corrected chi connectivity index (χ0v) is 8.56. The Hall–Kier alpha value is -1.17. The topological polar surface area (TPSA) is 20.2 Å². The second kappa shape index (κ2) is 3.41. The Labute approximate surface area is 93.9 Å². The van der Waals surface area contributed by atoms with Gasteiger partial charge < -0.3 is 5.11 Å². The molecule has 0 aliphatic heterocycles. The van der Waals surface area contributed by atoms with Crippen LogP contribution in [0.3, 0.4) is 0 Å². The molecular formula is C11H9F5O. The lowest BCUT2D eigenvalue weighted by atomic mass is 10.0. The molecule has 6 heteroatoms. The molecule has 0 spiro atoms. The summed E-state index contributed by atoms with van der Waals surface area (Å²) in [6, 6.07) is 3.88. The van der Waals surface area contributed by atoms with E-state index in [9.17, 15) is 27.1 Å². The molecule has 1 aliphatic carbocycles. The lowest BCUT2D eigenvalue weighted by Crippen LogP contribution is -2.33. The summed E-state index contributed by atoms with van der Waals surface area (Å²) in [5.41, 5.74) is -2.25. The number of rotatable bonds is 2. The highest BCUT2D eigenvalue weighted by atomic mass is 19.4. The molecule has 0 bridgehead atoms. The van der Waals surface area contributed by atoms with Gasteiger partial charge in [-0.3, -0.25) is 0 Å². The molecule has 1 N–H and O–H groups in total. The summed E-state index contributed by atoms with van der Waals surface area (Å²) < 4.78 is 62.5. The van der Waals surface area contributed by atoms with Gasteiger partial charge in [0.15, 0.2) is 0 Å². The van der Waals surface area contributed by atoms with Crippen LogP contribution in [0.1, 0.15) is 24.0 Å². The monoisotopic (exact) mass is 252 g/mol. The molecule has 2 rings (SSSR count). The van der Waals surface area contributed by atoms with Gasteiger partial charge in [-0.25, -0.2) is 0 Å². The van der Waals surface area contributed by atoms with E-state index in [1.165, 1.54) is 6.07 Å². The molecule has 1 nitrogen and oxygen atoms in total. The second-order valence-corrected chi connectivity index (χ2v) is 4.18. The predicted octanol–water partition coefficient (Wildman–Crippen LogP) is 3.32. The van der Waals surface area contributed by atoms with E-state index in [1.807, 2.05) is 0 Å². The SMILES string of the molecule is OC1(c2cccc(C(F)(F)C(F)(F)F)c2)CC1. The van der Waals surface area contributed by atoms with Crippen molar-refractivity contribution in [1.82, 2.24) is 0 Å². The third-order valence-electron chi connectivity index (χ3n) is 2.84.